The molecule has 0 spiro atoms. The number of likely N-dealkylation sites (tertiary alicyclic amines) is 1. The molecule has 1 aromatic carbocycles. The largest absolute Gasteiger partial charge is 0.383 e. The molecule has 0 aliphatic carbocycles. The number of rotatable bonds is 7. The number of nitrogens with zero attached hydrogens (tertiary/aromatic N) is 2. The second-order valence-electron chi connectivity index (χ2n) is 6.79. The minimum absolute atomic E-state index is 0.0165. The summed E-state index contributed by atoms with van der Waals surface area (Å²) in [6.45, 7) is 3.19. The van der Waals surface area contributed by atoms with Crippen LogP contribution < -0.4 is 10.6 Å². The van der Waals surface area contributed by atoms with Crippen LogP contribution in [-0.2, 0) is 4.74 Å². The molecule has 2 amide bonds. The lowest BCUT2D eigenvalue weighted by Crippen LogP contribution is -2.45. The van der Waals surface area contributed by atoms with Crippen LogP contribution in [0.1, 0.15) is 33.7 Å². The van der Waals surface area contributed by atoms with Gasteiger partial charge in [0, 0.05) is 32.8 Å². The van der Waals surface area contributed by atoms with E-state index in [0.29, 0.717) is 6.61 Å². The van der Waals surface area contributed by atoms with Crippen LogP contribution >= 0.6 is 0 Å². The first-order valence-corrected chi connectivity index (χ1v) is 9.30. The first-order valence-electron chi connectivity index (χ1n) is 9.30. The van der Waals surface area contributed by atoms with Gasteiger partial charge in [0.05, 0.1) is 18.5 Å². The highest BCUT2D eigenvalue weighted by Gasteiger charge is 2.24. The monoisotopic (exact) mass is 407 g/mol. The number of aromatic amines is 1. The molecule has 3 N–H and O–H groups in total. The summed E-state index contributed by atoms with van der Waals surface area (Å²) in [6.07, 6.45) is 2.79. The standard InChI is InChI=1S/C19H23F2N5O3/c1-29-10-9-26-7-5-12(6-8-26)23-19(28)17-15(11-22-25-17)24-18(27)16-13(20)3-2-4-14(16)21/h2-4,11-12H,5-10H2,1H3,(H,22,25)(H,23,28)(H,24,27). The van der Waals surface area contributed by atoms with Crippen molar-refractivity contribution in [3.05, 3.63) is 47.3 Å². The molecule has 1 fully saturated rings. The number of H-pyrrole nitrogens is 1. The fourth-order valence-electron chi connectivity index (χ4n) is 3.23. The van der Waals surface area contributed by atoms with E-state index in [0.717, 1.165) is 44.6 Å². The molecule has 29 heavy (non-hydrogen) atoms. The zero-order chi connectivity index (χ0) is 20.8. The van der Waals surface area contributed by atoms with Crippen LogP contribution in [0.2, 0.25) is 0 Å². The first kappa shape index (κ1) is 20.9. The predicted molar refractivity (Wildman–Crippen MR) is 102 cm³/mol. The minimum Gasteiger partial charge on any atom is -0.383 e. The third kappa shape index (κ3) is 5.15. The molecule has 2 heterocycles. The average molecular weight is 407 g/mol. The molecule has 0 unspecified atom stereocenters. The second-order valence-corrected chi connectivity index (χ2v) is 6.79. The molecular formula is C19H23F2N5O3. The highest BCUT2D eigenvalue weighted by molar-refractivity contribution is 6.08. The summed E-state index contributed by atoms with van der Waals surface area (Å²) < 4.78 is 32.7. The van der Waals surface area contributed by atoms with E-state index in [1.54, 1.807) is 7.11 Å². The molecule has 0 saturated carbocycles. The van der Waals surface area contributed by atoms with Gasteiger partial charge in [-0.05, 0) is 25.0 Å². The Morgan fingerprint density at radius 3 is 2.59 bits per heavy atom. The molecule has 156 valence electrons. The Morgan fingerprint density at radius 1 is 1.24 bits per heavy atom. The minimum atomic E-state index is -0.998. The van der Waals surface area contributed by atoms with Crippen molar-refractivity contribution >= 4 is 17.5 Å². The summed E-state index contributed by atoms with van der Waals surface area (Å²) >= 11 is 0. The molecule has 8 nitrogen and oxygen atoms in total. The lowest BCUT2D eigenvalue weighted by molar-refractivity contribution is 0.0889. The van der Waals surface area contributed by atoms with Crippen LogP contribution in [-0.4, -0.2) is 66.3 Å². The van der Waals surface area contributed by atoms with E-state index in [1.165, 1.54) is 12.3 Å². The number of aromatic nitrogens is 2. The summed E-state index contributed by atoms with van der Waals surface area (Å²) in [4.78, 5) is 27.1. The lowest BCUT2D eigenvalue weighted by Gasteiger charge is -2.32. The second kappa shape index (κ2) is 9.57. The van der Waals surface area contributed by atoms with Crippen LogP contribution in [0.3, 0.4) is 0 Å². The molecule has 2 aromatic rings. The number of hydrogen-bond donors (Lipinski definition) is 3. The topological polar surface area (TPSA) is 99.3 Å². The number of ether oxygens (including phenoxy) is 1. The number of nitrogens with one attached hydrogen (secondary N) is 3. The van der Waals surface area contributed by atoms with Crippen LogP contribution in [0.25, 0.3) is 0 Å². The Balaban J connectivity index is 1.60. The van der Waals surface area contributed by atoms with Crippen molar-refractivity contribution in [2.24, 2.45) is 0 Å². The Bertz CT molecular complexity index is 845. The van der Waals surface area contributed by atoms with E-state index in [9.17, 15) is 18.4 Å². The molecule has 0 atom stereocenters. The van der Waals surface area contributed by atoms with E-state index in [-0.39, 0.29) is 17.4 Å². The molecule has 1 aromatic heterocycles. The number of halogens is 2. The van der Waals surface area contributed by atoms with Crippen LogP contribution in [0.4, 0.5) is 14.5 Å². The van der Waals surface area contributed by atoms with Gasteiger partial charge < -0.3 is 20.3 Å². The summed E-state index contributed by atoms with van der Waals surface area (Å²) in [5, 5.41) is 11.5. The fraction of sp³-hybridized carbons (Fsp3) is 0.421. The molecule has 0 bridgehead atoms. The lowest BCUT2D eigenvalue weighted by atomic mass is 10.0. The Kier molecular flexibility index (Phi) is 6.89. The van der Waals surface area contributed by atoms with E-state index >= 15 is 0 Å². The van der Waals surface area contributed by atoms with Gasteiger partial charge in [-0.2, -0.15) is 5.10 Å². The number of piperidine rings is 1. The SMILES string of the molecule is COCCN1CCC(NC(=O)c2[nH]ncc2NC(=O)c2c(F)cccc2F)CC1. The van der Waals surface area contributed by atoms with E-state index < -0.39 is 29.0 Å². The predicted octanol–water partition coefficient (Wildman–Crippen LogP) is 1.78. The van der Waals surface area contributed by atoms with Gasteiger partial charge in [-0.15, -0.1) is 0 Å². The van der Waals surface area contributed by atoms with Gasteiger partial charge in [0.25, 0.3) is 11.8 Å². The fourth-order valence-corrected chi connectivity index (χ4v) is 3.23. The number of anilines is 1. The van der Waals surface area contributed by atoms with Crippen molar-refractivity contribution in [3.63, 3.8) is 0 Å². The number of hydrogen-bond acceptors (Lipinski definition) is 5. The molecule has 1 saturated heterocycles. The van der Waals surface area contributed by atoms with Crippen molar-refractivity contribution < 1.29 is 23.1 Å². The maximum atomic E-state index is 13.8. The van der Waals surface area contributed by atoms with Gasteiger partial charge in [0.1, 0.15) is 22.9 Å². The number of amides is 2. The number of carbonyl (C=O) groups excluding carboxylic acids is 2. The molecular weight excluding hydrogens is 384 g/mol. The van der Waals surface area contributed by atoms with Crippen molar-refractivity contribution in [1.29, 1.82) is 0 Å². The van der Waals surface area contributed by atoms with Crippen molar-refractivity contribution in [2.45, 2.75) is 18.9 Å². The molecule has 3 rings (SSSR count). The Hall–Kier alpha value is -2.85. The van der Waals surface area contributed by atoms with Gasteiger partial charge in [-0.25, -0.2) is 8.78 Å². The third-order valence-electron chi connectivity index (χ3n) is 4.84. The van der Waals surface area contributed by atoms with Gasteiger partial charge in [0.2, 0.25) is 0 Å². The normalized spacial score (nSPS) is 15.3. The number of carbonyl (C=O) groups is 2. The highest BCUT2D eigenvalue weighted by Crippen LogP contribution is 2.18. The molecule has 1 aliphatic heterocycles. The van der Waals surface area contributed by atoms with E-state index in [1.807, 2.05) is 0 Å². The van der Waals surface area contributed by atoms with Crippen molar-refractivity contribution in [2.75, 3.05) is 38.7 Å². The zero-order valence-electron chi connectivity index (χ0n) is 16.0. The van der Waals surface area contributed by atoms with E-state index in [2.05, 4.69) is 25.7 Å². The zero-order valence-corrected chi connectivity index (χ0v) is 16.0. The molecule has 10 heteroatoms. The maximum absolute atomic E-state index is 13.8. The average Bonchev–Trinajstić information content (AvgIpc) is 3.15. The maximum Gasteiger partial charge on any atom is 0.271 e. The summed E-state index contributed by atoms with van der Waals surface area (Å²) in [7, 11) is 1.66. The van der Waals surface area contributed by atoms with Crippen LogP contribution in [0.5, 0.6) is 0 Å². The van der Waals surface area contributed by atoms with Gasteiger partial charge in [0.15, 0.2) is 0 Å². The summed E-state index contributed by atoms with van der Waals surface area (Å²) in [6, 6.07) is 3.12. The van der Waals surface area contributed by atoms with Crippen LogP contribution in [0, 0.1) is 11.6 Å². The van der Waals surface area contributed by atoms with Crippen LogP contribution in [0.15, 0.2) is 24.4 Å². The smallest absolute Gasteiger partial charge is 0.271 e. The van der Waals surface area contributed by atoms with Crippen molar-refractivity contribution in [1.82, 2.24) is 20.4 Å². The first-order chi connectivity index (χ1) is 14.0. The van der Waals surface area contributed by atoms with Gasteiger partial charge >= 0.3 is 0 Å². The highest BCUT2D eigenvalue weighted by atomic mass is 19.1. The third-order valence-corrected chi connectivity index (χ3v) is 4.84. The Labute approximate surface area is 166 Å². The molecule has 0 radical (unpaired) electrons. The van der Waals surface area contributed by atoms with E-state index in [4.69, 9.17) is 4.74 Å². The quantitative estimate of drug-likeness (QED) is 0.650. The molecule has 1 aliphatic rings. The number of methoxy groups -OCH3 is 1. The van der Waals surface area contributed by atoms with Gasteiger partial charge in [-0.3, -0.25) is 14.7 Å². The summed E-state index contributed by atoms with van der Waals surface area (Å²) in [5.74, 6) is -3.42. The van der Waals surface area contributed by atoms with Gasteiger partial charge in [-0.1, -0.05) is 6.07 Å². The Morgan fingerprint density at radius 2 is 1.93 bits per heavy atom. The van der Waals surface area contributed by atoms with Crippen molar-refractivity contribution in [3.8, 4) is 0 Å². The summed E-state index contributed by atoms with van der Waals surface area (Å²) in [5.41, 5.74) is -0.645. The number of benzene rings is 1.